The smallest absolute Gasteiger partial charge is 0.240 e. The third kappa shape index (κ3) is 1.97. The molecule has 70 valence electrons. The second kappa shape index (κ2) is 2.73. The molecule has 1 saturated carbocycles. The first-order chi connectivity index (χ1) is 5.40. The molecule has 0 heterocycles. The molecule has 0 unspecified atom stereocenters. The number of hydrogen-bond donors (Lipinski definition) is 2. The zero-order chi connectivity index (χ0) is 9.41. The van der Waals surface area contributed by atoms with Gasteiger partial charge in [0, 0.05) is 5.54 Å². The topological polar surface area (TPSA) is 41.1 Å². The normalized spacial score (nSPS) is 20.3. The van der Waals surface area contributed by atoms with Crippen molar-refractivity contribution in [3.8, 4) is 0 Å². The van der Waals surface area contributed by atoms with Crippen LogP contribution in [0.15, 0.2) is 0 Å². The summed E-state index contributed by atoms with van der Waals surface area (Å²) in [6.07, 6.45) is 2.22. The zero-order valence-corrected chi connectivity index (χ0v) is 8.32. The SMILES string of the molecule is CNC(C)(C)C(=O)NC1(C)CC1. The lowest BCUT2D eigenvalue weighted by atomic mass is 10.0. The van der Waals surface area contributed by atoms with Crippen molar-refractivity contribution in [3.63, 3.8) is 0 Å². The molecule has 12 heavy (non-hydrogen) atoms. The quantitative estimate of drug-likeness (QED) is 0.653. The fourth-order valence-electron chi connectivity index (χ4n) is 0.856. The molecule has 1 fully saturated rings. The Kier molecular flexibility index (Phi) is 2.17. The van der Waals surface area contributed by atoms with Crippen molar-refractivity contribution in [1.29, 1.82) is 0 Å². The fraction of sp³-hybridized carbons (Fsp3) is 0.889. The Labute approximate surface area is 73.9 Å². The third-order valence-electron chi connectivity index (χ3n) is 2.61. The molecule has 0 aromatic carbocycles. The van der Waals surface area contributed by atoms with E-state index in [1.54, 1.807) is 7.05 Å². The molecule has 0 bridgehead atoms. The van der Waals surface area contributed by atoms with Crippen LogP contribution in [0.5, 0.6) is 0 Å². The second-order valence-electron chi connectivity index (χ2n) is 4.39. The summed E-state index contributed by atoms with van der Waals surface area (Å²) in [5.41, 5.74) is -0.364. The largest absolute Gasteiger partial charge is 0.349 e. The van der Waals surface area contributed by atoms with Crippen LogP contribution in [0.2, 0.25) is 0 Å². The minimum atomic E-state index is -0.453. The molecule has 1 aliphatic carbocycles. The highest BCUT2D eigenvalue weighted by Gasteiger charge is 2.41. The zero-order valence-electron chi connectivity index (χ0n) is 8.32. The van der Waals surface area contributed by atoms with E-state index in [4.69, 9.17) is 0 Å². The molecular weight excluding hydrogens is 152 g/mol. The maximum atomic E-state index is 11.6. The average Bonchev–Trinajstić information content (AvgIpc) is 2.68. The first kappa shape index (κ1) is 9.52. The number of likely N-dealkylation sites (N-methyl/N-ethyl adjacent to an activating group) is 1. The van der Waals surface area contributed by atoms with Crippen molar-refractivity contribution in [3.05, 3.63) is 0 Å². The van der Waals surface area contributed by atoms with Crippen LogP contribution in [0, 0.1) is 0 Å². The van der Waals surface area contributed by atoms with E-state index < -0.39 is 5.54 Å². The highest BCUT2D eigenvalue weighted by Crippen LogP contribution is 2.34. The van der Waals surface area contributed by atoms with Gasteiger partial charge in [-0.25, -0.2) is 0 Å². The molecule has 0 spiro atoms. The molecule has 0 radical (unpaired) electrons. The summed E-state index contributed by atoms with van der Waals surface area (Å²) < 4.78 is 0. The van der Waals surface area contributed by atoms with Gasteiger partial charge < -0.3 is 10.6 Å². The number of amides is 1. The maximum absolute atomic E-state index is 11.6. The van der Waals surface area contributed by atoms with Crippen molar-refractivity contribution in [1.82, 2.24) is 10.6 Å². The van der Waals surface area contributed by atoms with Crippen LogP contribution in [0.25, 0.3) is 0 Å². The first-order valence-electron chi connectivity index (χ1n) is 4.41. The lowest BCUT2D eigenvalue weighted by molar-refractivity contribution is -0.127. The molecule has 0 atom stereocenters. The number of rotatable bonds is 3. The van der Waals surface area contributed by atoms with Gasteiger partial charge in [-0.3, -0.25) is 4.79 Å². The van der Waals surface area contributed by atoms with Gasteiger partial charge in [0.25, 0.3) is 0 Å². The van der Waals surface area contributed by atoms with Crippen molar-refractivity contribution in [2.75, 3.05) is 7.05 Å². The van der Waals surface area contributed by atoms with Crippen molar-refractivity contribution in [2.24, 2.45) is 0 Å². The lowest BCUT2D eigenvalue weighted by Crippen LogP contribution is -2.53. The number of nitrogens with one attached hydrogen (secondary N) is 2. The molecule has 0 aromatic rings. The van der Waals surface area contributed by atoms with Gasteiger partial charge in [0.2, 0.25) is 5.91 Å². The maximum Gasteiger partial charge on any atom is 0.240 e. The fourth-order valence-corrected chi connectivity index (χ4v) is 0.856. The van der Waals surface area contributed by atoms with Crippen LogP contribution in [-0.4, -0.2) is 24.0 Å². The standard InChI is InChI=1S/C9H18N2O/c1-8(2,10-4)7(12)11-9(3)5-6-9/h10H,5-6H2,1-4H3,(H,11,12). The van der Waals surface area contributed by atoms with E-state index in [1.165, 1.54) is 0 Å². The molecule has 1 amide bonds. The molecule has 0 aliphatic heterocycles. The Morgan fingerprint density at radius 1 is 1.42 bits per heavy atom. The predicted octanol–water partition coefficient (Wildman–Crippen LogP) is 0.653. The van der Waals surface area contributed by atoms with Crippen molar-refractivity contribution in [2.45, 2.75) is 44.7 Å². The Hall–Kier alpha value is -0.570. The predicted molar refractivity (Wildman–Crippen MR) is 48.9 cm³/mol. The molecule has 3 nitrogen and oxygen atoms in total. The van der Waals surface area contributed by atoms with Gasteiger partial charge in [-0.2, -0.15) is 0 Å². The van der Waals surface area contributed by atoms with Gasteiger partial charge in [-0.15, -0.1) is 0 Å². The minimum Gasteiger partial charge on any atom is -0.349 e. The van der Waals surface area contributed by atoms with Crippen LogP contribution < -0.4 is 10.6 Å². The second-order valence-corrected chi connectivity index (χ2v) is 4.39. The molecule has 1 aliphatic rings. The van der Waals surface area contributed by atoms with Crippen LogP contribution in [-0.2, 0) is 4.79 Å². The summed E-state index contributed by atoms with van der Waals surface area (Å²) in [5, 5.41) is 6.00. The number of hydrogen-bond acceptors (Lipinski definition) is 2. The van der Waals surface area contributed by atoms with Gasteiger partial charge in [0.1, 0.15) is 0 Å². The van der Waals surface area contributed by atoms with Gasteiger partial charge in [-0.1, -0.05) is 0 Å². The first-order valence-corrected chi connectivity index (χ1v) is 4.41. The van der Waals surface area contributed by atoms with Gasteiger partial charge in [-0.05, 0) is 40.7 Å². The third-order valence-corrected chi connectivity index (χ3v) is 2.61. The summed E-state index contributed by atoms with van der Waals surface area (Å²) in [6.45, 7) is 5.85. The number of carbonyl (C=O) groups excluding carboxylic acids is 1. The van der Waals surface area contributed by atoms with E-state index in [1.807, 2.05) is 13.8 Å². The summed E-state index contributed by atoms with van der Waals surface area (Å²) in [5.74, 6) is 0.0880. The number of carbonyl (C=O) groups is 1. The molecule has 0 saturated heterocycles. The van der Waals surface area contributed by atoms with Gasteiger partial charge >= 0.3 is 0 Å². The summed E-state index contributed by atoms with van der Waals surface area (Å²) in [4.78, 5) is 11.6. The van der Waals surface area contributed by atoms with Gasteiger partial charge in [0.15, 0.2) is 0 Å². The van der Waals surface area contributed by atoms with E-state index >= 15 is 0 Å². The molecular formula is C9H18N2O. The lowest BCUT2D eigenvalue weighted by Gasteiger charge is -2.25. The van der Waals surface area contributed by atoms with E-state index in [0.717, 1.165) is 12.8 Å². The average molecular weight is 170 g/mol. The Bertz CT molecular complexity index is 195. The Morgan fingerprint density at radius 3 is 2.25 bits per heavy atom. The molecule has 0 aromatic heterocycles. The van der Waals surface area contributed by atoms with E-state index in [9.17, 15) is 4.79 Å². The van der Waals surface area contributed by atoms with Crippen LogP contribution in [0.4, 0.5) is 0 Å². The highest BCUT2D eigenvalue weighted by atomic mass is 16.2. The van der Waals surface area contributed by atoms with Gasteiger partial charge in [0.05, 0.1) is 5.54 Å². The van der Waals surface area contributed by atoms with E-state index in [-0.39, 0.29) is 11.4 Å². The molecule has 3 heteroatoms. The van der Waals surface area contributed by atoms with Crippen LogP contribution in [0.1, 0.15) is 33.6 Å². The highest BCUT2D eigenvalue weighted by molar-refractivity contribution is 5.86. The summed E-state index contributed by atoms with van der Waals surface area (Å²) >= 11 is 0. The minimum absolute atomic E-state index is 0.0880. The summed E-state index contributed by atoms with van der Waals surface area (Å²) in [7, 11) is 1.80. The van der Waals surface area contributed by atoms with E-state index in [0.29, 0.717) is 0 Å². The van der Waals surface area contributed by atoms with Crippen LogP contribution >= 0.6 is 0 Å². The Morgan fingerprint density at radius 2 is 1.92 bits per heavy atom. The molecule has 1 rings (SSSR count). The Balaban J connectivity index is 2.47. The van der Waals surface area contributed by atoms with Crippen molar-refractivity contribution < 1.29 is 4.79 Å². The molecule has 2 N–H and O–H groups in total. The van der Waals surface area contributed by atoms with Crippen LogP contribution in [0.3, 0.4) is 0 Å². The monoisotopic (exact) mass is 170 g/mol. The van der Waals surface area contributed by atoms with Crippen molar-refractivity contribution >= 4 is 5.91 Å². The van der Waals surface area contributed by atoms with E-state index in [2.05, 4.69) is 17.6 Å². The summed E-state index contributed by atoms with van der Waals surface area (Å²) in [6, 6.07) is 0.